The molecule has 12 heavy (non-hydrogen) atoms. The fraction of sp³-hybridized carbons (Fsp3) is 0.875. The molecule has 2 atom stereocenters. The van der Waals surface area contributed by atoms with E-state index in [1.165, 1.54) is 0 Å². The van der Waals surface area contributed by atoms with Gasteiger partial charge in [0.05, 0.1) is 8.07 Å². The Labute approximate surface area is 74.4 Å². The number of likely N-dealkylation sites (tertiary alicyclic amines) is 1. The van der Waals surface area contributed by atoms with Crippen LogP contribution in [0.1, 0.15) is 13.3 Å². The van der Waals surface area contributed by atoms with Gasteiger partial charge in [-0.3, -0.25) is 4.79 Å². The summed E-state index contributed by atoms with van der Waals surface area (Å²) in [6, 6.07) is 0. The van der Waals surface area contributed by atoms with Crippen LogP contribution in [-0.4, -0.2) is 35.9 Å². The molecule has 0 saturated carbocycles. The van der Waals surface area contributed by atoms with Crippen LogP contribution in [0.15, 0.2) is 0 Å². The first-order valence-electron chi connectivity index (χ1n) is 4.33. The number of amides is 1. The summed E-state index contributed by atoms with van der Waals surface area (Å²) in [5, 5.41) is 9.30. The van der Waals surface area contributed by atoms with Crippen LogP contribution in [-0.2, 0) is 4.79 Å². The van der Waals surface area contributed by atoms with E-state index in [1.807, 2.05) is 0 Å². The van der Waals surface area contributed by atoms with Crippen molar-refractivity contribution < 1.29 is 9.90 Å². The highest BCUT2D eigenvalue weighted by Crippen LogP contribution is 2.29. The van der Waals surface area contributed by atoms with Crippen LogP contribution in [0.3, 0.4) is 0 Å². The summed E-state index contributed by atoms with van der Waals surface area (Å²) in [5.74, 6) is 0.0948. The third kappa shape index (κ3) is 1.54. The molecule has 0 spiro atoms. The lowest BCUT2D eigenvalue weighted by atomic mass is 10.2. The largest absolute Gasteiger partial charge is 0.374 e. The highest BCUT2D eigenvalue weighted by molar-refractivity contribution is 6.78. The number of aliphatic hydroxyl groups is 1. The summed E-state index contributed by atoms with van der Waals surface area (Å²) in [7, 11) is -1.30. The summed E-state index contributed by atoms with van der Waals surface area (Å²) in [4.78, 5) is 12.7. The summed E-state index contributed by atoms with van der Waals surface area (Å²) in [5.41, 5.74) is 0.338. The number of carbonyl (C=O) groups is 1. The Morgan fingerprint density at radius 3 is 2.25 bits per heavy atom. The van der Waals surface area contributed by atoms with E-state index in [0.29, 0.717) is 12.1 Å². The van der Waals surface area contributed by atoms with Crippen LogP contribution in [0, 0.1) is 0 Å². The average molecular weight is 187 g/mol. The maximum Gasteiger partial charge on any atom is 0.226 e. The number of rotatable bonds is 2. The molecule has 1 aliphatic rings. The Balaban J connectivity index is 2.67. The van der Waals surface area contributed by atoms with E-state index in [-0.39, 0.29) is 5.91 Å². The fourth-order valence-electron chi connectivity index (χ4n) is 1.62. The lowest BCUT2D eigenvalue weighted by Gasteiger charge is -2.48. The lowest BCUT2D eigenvalue weighted by Crippen LogP contribution is -2.65. The standard InChI is InChI=1S/C8H17NO2Si/c1-6(10)9-7(11)5-8(9)12(2,3)4/h6,8,10H,5H2,1-4H3. The van der Waals surface area contributed by atoms with E-state index >= 15 is 0 Å². The monoisotopic (exact) mass is 187 g/mol. The lowest BCUT2D eigenvalue weighted by molar-refractivity contribution is -0.155. The van der Waals surface area contributed by atoms with Crippen molar-refractivity contribution >= 4 is 14.0 Å². The second-order valence-corrected chi connectivity index (χ2v) is 9.92. The van der Waals surface area contributed by atoms with Crippen molar-refractivity contribution in [3.63, 3.8) is 0 Å². The molecule has 1 fully saturated rings. The van der Waals surface area contributed by atoms with E-state index in [2.05, 4.69) is 19.6 Å². The van der Waals surface area contributed by atoms with Gasteiger partial charge in [-0.25, -0.2) is 0 Å². The van der Waals surface area contributed by atoms with Crippen LogP contribution in [0.2, 0.25) is 19.6 Å². The third-order valence-corrected chi connectivity index (χ3v) is 4.88. The predicted octanol–water partition coefficient (Wildman–Crippen LogP) is 0.803. The van der Waals surface area contributed by atoms with Crippen molar-refractivity contribution in [2.75, 3.05) is 0 Å². The van der Waals surface area contributed by atoms with Gasteiger partial charge in [-0.15, -0.1) is 0 Å². The van der Waals surface area contributed by atoms with Gasteiger partial charge in [-0.1, -0.05) is 19.6 Å². The molecule has 1 aliphatic heterocycles. The van der Waals surface area contributed by atoms with Crippen LogP contribution in [0.25, 0.3) is 0 Å². The van der Waals surface area contributed by atoms with E-state index in [9.17, 15) is 9.90 Å². The Bertz CT molecular complexity index is 198. The summed E-state index contributed by atoms with van der Waals surface area (Å²) in [6.07, 6.45) is 0.0311. The molecular weight excluding hydrogens is 170 g/mol. The molecule has 1 heterocycles. The molecule has 4 heteroatoms. The molecular formula is C8H17NO2Si. The van der Waals surface area contributed by atoms with Crippen LogP contribution >= 0.6 is 0 Å². The number of β-lactam (4-membered cyclic amide) rings is 1. The molecule has 0 bridgehead atoms. The Morgan fingerprint density at radius 1 is 1.58 bits per heavy atom. The van der Waals surface area contributed by atoms with Gasteiger partial charge in [0.25, 0.3) is 0 Å². The minimum Gasteiger partial charge on any atom is -0.374 e. The molecule has 0 aromatic carbocycles. The zero-order valence-corrected chi connectivity index (χ0v) is 9.16. The molecule has 1 amide bonds. The maximum absolute atomic E-state index is 11.1. The van der Waals surface area contributed by atoms with Gasteiger partial charge >= 0.3 is 0 Å². The number of hydrogen-bond donors (Lipinski definition) is 1. The van der Waals surface area contributed by atoms with E-state index in [0.717, 1.165) is 0 Å². The highest BCUT2D eigenvalue weighted by Gasteiger charge is 2.45. The maximum atomic E-state index is 11.1. The molecule has 70 valence electrons. The van der Waals surface area contributed by atoms with Gasteiger partial charge in [0.1, 0.15) is 6.23 Å². The van der Waals surface area contributed by atoms with Crippen molar-refractivity contribution in [3.8, 4) is 0 Å². The second-order valence-electron chi connectivity index (χ2n) is 4.52. The topological polar surface area (TPSA) is 40.5 Å². The Morgan fingerprint density at radius 2 is 2.08 bits per heavy atom. The minimum atomic E-state index is -1.30. The predicted molar refractivity (Wildman–Crippen MR) is 50.3 cm³/mol. The van der Waals surface area contributed by atoms with Crippen molar-refractivity contribution in [3.05, 3.63) is 0 Å². The first-order chi connectivity index (χ1) is 5.34. The Hall–Kier alpha value is -0.353. The second kappa shape index (κ2) is 2.85. The van der Waals surface area contributed by atoms with Crippen molar-refractivity contribution in [2.24, 2.45) is 0 Å². The summed E-state index contributed by atoms with van der Waals surface area (Å²) >= 11 is 0. The molecule has 0 aromatic rings. The molecule has 0 aromatic heterocycles. The summed E-state index contributed by atoms with van der Waals surface area (Å²) in [6.45, 7) is 8.32. The van der Waals surface area contributed by atoms with Crippen molar-refractivity contribution in [1.29, 1.82) is 0 Å². The normalized spacial score (nSPS) is 26.9. The smallest absolute Gasteiger partial charge is 0.226 e. The molecule has 0 aliphatic carbocycles. The zero-order chi connectivity index (χ0) is 9.52. The minimum absolute atomic E-state index is 0.0948. The summed E-state index contributed by atoms with van der Waals surface area (Å²) < 4.78 is 0. The van der Waals surface area contributed by atoms with E-state index in [1.54, 1.807) is 11.8 Å². The first-order valence-corrected chi connectivity index (χ1v) is 7.91. The zero-order valence-electron chi connectivity index (χ0n) is 8.16. The van der Waals surface area contributed by atoms with Gasteiger partial charge in [0.15, 0.2) is 0 Å². The van der Waals surface area contributed by atoms with Crippen molar-refractivity contribution in [1.82, 2.24) is 4.90 Å². The average Bonchev–Trinajstić information content (AvgIpc) is 1.78. The first kappa shape index (κ1) is 9.73. The van der Waals surface area contributed by atoms with E-state index in [4.69, 9.17) is 0 Å². The molecule has 0 radical (unpaired) electrons. The SMILES string of the molecule is CC(O)N1C(=O)CC1[Si](C)(C)C. The van der Waals surface area contributed by atoms with Gasteiger partial charge in [0, 0.05) is 12.1 Å². The molecule has 2 unspecified atom stereocenters. The quantitative estimate of drug-likeness (QED) is 0.513. The van der Waals surface area contributed by atoms with Gasteiger partial charge in [0.2, 0.25) is 5.91 Å². The number of nitrogens with zero attached hydrogens (tertiary/aromatic N) is 1. The highest BCUT2D eigenvalue weighted by atomic mass is 28.3. The van der Waals surface area contributed by atoms with E-state index < -0.39 is 14.3 Å². The number of carbonyl (C=O) groups excluding carboxylic acids is 1. The molecule has 1 rings (SSSR count). The van der Waals surface area contributed by atoms with Gasteiger partial charge < -0.3 is 10.0 Å². The van der Waals surface area contributed by atoms with Crippen LogP contribution in [0.5, 0.6) is 0 Å². The van der Waals surface area contributed by atoms with Gasteiger partial charge in [-0.05, 0) is 6.92 Å². The van der Waals surface area contributed by atoms with Crippen LogP contribution < -0.4 is 0 Å². The molecule has 3 nitrogen and oxygen atoms in total. The van der Waals surface area contributed by atoms with Gasteiger partial charge in [-0.2, -0.15) is 0 Å². The number of hydrogen-bond acceptors (Lipinski definition) is 2. The van der Waals surface area contributed by atoms with Crippen LogP contribution in [0.4, 0.5) is 0 Å². The Kier molecular flexibility index (Phi) is 2.31. The number of aliphatic hydroxyl groups excluding tert-OH is 1. The fourth-order valence-corrected chi connectivity index (χ4v) is 3.60. The third-order valence-electron chi connectivity index (χ3n) is 2.39. The van der Waals surface area contributed by atoms with Crippen molar-refractivity contribution in [2.45, 2.75) is 44.9 Å². The molecule has 1 saturated heterocycles. The molecule has 1 N–H and O–H groups in total.